The van der Waals surface area contributed by atoms with Crippen LogP contribution in [0.25, 0.3) is 0 Å². The average molecular weight is 533 g/mol. The van der Waals surface area contributed by atoms with Crippen LogP contribution in [0, 0.1) is 0 Å². The largest absolute Gasteiger partial charge is 0.402 e. The van der Waals surface area contributed by atoms with Gasteiger partial charge in [0.15, 0.2) is 0 Å². The Kier molecular flexibility index (Phi) is 11.0. The van der Waals surface area contributed by atoms with Gasteiger partial charge >= 0.3 is 0 Å². The lowest BCUT2D eigenvalue weighted by Crippen LogP contribution is -2.28. The normalized spacial score (nSPS) is 12.0. The molecule has 0 unspecified atom stereocenters. The van der Waals surface area contributed by atoms with Crippen LogP contribution in [0.5, 0.6) is 0 Å². The van der Waals surface area contributed by atoms with Crippen LogP contribution in [-0.2, 0) is 28.9 Å². The van der Waals surface area contributed by atoms with E-state index in [0.717, 1.165) is 35.4 Å². The monoisotopic (exact) mass is 532 g/mol. The highest BCUT2D eigenvalue weighted by Gasteiger charge is 2.09. The Hall–Kier alpha value is -3.98. The number of rotatable bonds is 13. The van der Waals surface area contributed by atoms with E-state index in [0.29, 0.717) is 29.6 Å². The second-order valence-electron chi connectivity index (χ2n) is 9.41. The molecular formula is C29H36N6O2S. The zero-order valence-corrected chi connectivity index (χ0v) is 22.8. The van der Waals surface area contributed by atoms with Gasteiger partial charge in [-0.2, -0.15) is 0 Å². The number of nitrogens with two attached hydrogens (primary N) is 2. The Bertz CT molecular complexity index is 1270. The molecule has 0 aliphatic heterocycles. The third-order valence-electron chi connectivity index (χ3n) is 5.77. The SMILES string of the molecule is CC(C)c1cccc(CC(=O)N/C(N)=C/C=C(\N)CCCCc2nnc(NC(=O)Cc3ccccc3)s2)c1. The van der Waals surface area contributed by atoms with Crippen molar-refractivity contribution in [2.45, 2.75) is 58.3 Å². The van der Waals surface area contributed by atoms with E-state index in [1.54, 1.807) is 12.2 Å². The zero-order valence-electron chi connectivity index (χ0n) is 21.9. The first-order valence-corrected chi connectivity index (χ1v) is 13.6. The number of benzene rings is 2. The molecule has 6 N–H and O–H groups in total. The van der Waals surface area contributed by atoms with Crippen LogP contribution in [-0.4, -0.2) is 22.0 Å². The van der Waals surface area contributed by atoms with E-state index >= 15 is 0 Å². The fourth-order valence-electron chi connectivity index (χ4n) is 3.73. The fourth-order valence-corrected chi connectivity index (χ4v) is 4.53. The maximum absolute atomic E-state index is 12.3. The van der Waals surface area contributed by atoms with Crippen molar-refractivity contribution in [1.29, 1.82) is 0 Å². The first-order valence-electron chi connectivity index (χ1n) is 12.7. The highest BCUT2D eigenvalue weighted by Crippen LogP contribution is 2.19. The van der Waals surface area contributed by atoms with Gasteiger partial charge in [0.2, 0.25) is 16.9 Å². The quantitative estimate of drug-likeness (QED) is 0.188. The van der Waals surface area contributed by atoms with Gasteiger partial charge < -0.3 is 22.1 Å². The summed E-state index contributed by atoms with van der Waals surface area (Å²) in [5.41, 5.74) is 15.8. The van der Waals surface area contributed by atoms with Gasteiger partial charge in [-0.3, -0.25) is 9.59 Å². The van der Waals surface area contributed by atoms with Crippen molar-refractivity contribution >= 4 is 28.3 Å². The number of anilines is 1. The highest BCUT2D eigenvalue weighted by atomic mass is 32.1. The summed E-state index contributed by atoms with van der Waals surface area (Å²) in [7, 11) is 0. The minimum Gasteiger partial charge on any atom is -0.402 e. The minimum atomic E-state index is -0.167. The van der Waals surface area contributed by atoms with Gasteiger partial charge in [-0.15, -0.1) is 10.2 Å². The van der Waals surface area contributed by atoms with Gasteiger partial charge in [0.05, 0.1) is 12.8 Å². The van der Waals surface area contributed by atoms with Crippen molar-refractivity contribution in [3.8, 4) is 0 Å². The number of unbranched alkanes of at least 4 members (excludes halogenated alkanes) is 1. The lowest BCUT2D eigenvalue weighted by molar-refractivity contribution is -0.119. The Morgan fingerprint density at radius 2 is 1.66 bits per heavy atom. The number of hydrogen-bond acceptors (Lipinski definition) is 7. The van der Waals surface area contributed by atoms with Gasteiger partial charge in [0, 0.05) is 12.1 Å². The van der Waals surface area contributed by atoms with Crippen LogP contribution < -0.4 is 22.1 Å². The lowest BCUT2D eigenvalue weighted by Gasteiger charge is -2.09. The molecule has 3 aromatic rings. The summed E-state index contributed by atoms with van der Waals surface area (Å²) in [6.07, 6.45) is 7.10. The molecule has 8 nitrogen and oxygen atoms in total. The third-order valence-corrected chi connectivity index (χ3v) is 6.67. The Balaban J connectivity index is 1.35. The number of aromatic nitrogens is 2. The van der Waals surface area contributed by atoms with E-state index in [4.69, 9.17) is 11.5 Å². The molecule has 0 aliphatic carbocycles. The van der Waals surface area contributed by atoms with Gasteiger partial charge in [-0.25, -0.2) is 0 Å². The second-order valence-corrected chi connectivity index (χ2v) is 10.5. The molecule has 0 radical (unpaired) electrons. The number of amides is 2. The molecular weight excluding hydrogens is 496 g/mol. The zero-order chi connectivity index (χ0) is 27.3. The molecule has 2 amide bonds. The summed E-state index contributed by atoms with van der Waals surface area (Å²) in [5, 5.41) is 15.1. The second kappa shape index (κ2) is 14.7. The number of carbonyl (C=O) groups is 2. The first kappa shape index (κ1) is 28.6. The van der Waals surface area contributed by atoms with Crippen molar-refractivity contribution < 1.29 is 9.59 Å². The van der Waals surface area contributed by atoms with E-state index in [-0.39, 0.29) is 24.1 Å². The van der Waals surface area contributed by atoms with Crippen molar-refractivity contribution in [1.82, 2.24) is 15.5 Å². The van der Waals surface area contributed by atoms with E-state index < -0.39 is 0 Å². The number of hydrogen-bond donors (Lipinski definition) is 4. The Labute approximate surface area is 228 Å². The molecule has 0 fully saturated rings. The van der Waals surface area contributed by atoms with E-state index in [1.807, 2.05) is 48.5 Å². The van der Waals surface area contributed by atoms with Crippen LogP contribution in [0.2, 0.25) is 0 Å². The van der Waals surface area contributed by atoms with Crippen LogP contribution >= 0.6 is 11.3 Å². The maximum atomic E-state index is 12.3. The summed E-state index contributed by atoms with van der Waals surface area (Å²) < 4.78 is 0. The molecule has 9 heteroatoms. The number of nitrogens with zero attached hydrogens (tertiary/aromatic N) is 2. The standard InChI is InChI=1S/C29H36N6O2S/c1-20(2)23-12-8-11-22(17-23)19-26(36)32-25(31)16-15-24(30)13-6-7-14-28-34-35-29(38-28)33-27(37)18-21-9-4-3-5-10-21/h3-5,8-12,15-17,20H,6-7,13-14,18-19,30-31H2,1-2H3,(H,32,36)(H,33,35,37)/b24-15-,25-16+. The minimum absolute atomic E-state index is 0.111. The predicted molar refractivity (Wildman–Crippen MR) is 153 cm³/mol. The van der Waals surface area contributed by atoms with Crippen molar-refractivity contribution in [2.75, 3.05) is 5.32 Å². The Morgan fingerprint density at radius 1 is 0.921 bits per heavy atom. The molecule has 0 aliphatic rings. The number of allylic oxidation sites excluding steroid dienone is 3. The van der Waals surface area contributed by atoms with Crippen LogP contribution in [0.3, 0.4) is 0 Å². The summed E-state index contributed by atoms with van der Waals surface area (Å²) >= 11 is 1.39. The summed E-state index contributed by atoms with van der Waals surface area (Å²) in [4.78, 5) is 24.5. The topological polar surface area (TPSA) is 136 Å². The molecule has 0 bridgehead atoms. The molecule has 3 rings (SSSR count). The Morgan fingerprint density at radius 3 is 2.42 bits per heavy atom. The van der Waals surface area contributed by atoms with Crippen LogP contribution in [0.15, 0.2) is 78.3 Å². The molecule has 1 aromatic heterocycles. The van der Waals surface area contributed by atoms with Crippen molar-refractivity contribution in [3.05, 3.63) is 100.0 Å². The highest BCUT2D eigenvalue weighted by molar-refractivity contribution is 7.15. The van der Waals surface area contributed by atoms with Gasteiger partial charge in [-0.05, 0) is 54.0 Å². The molecule has 1 heterocycles. The average Bonchev–Trinajstić information content (AvgIpc) is 3.32. The smallest absolute Gasteiger partial charge is 0.230 e. The number of nitrogens with one attached hydrogen (secondary N) is 2. The van der Waals surface area contributed by atoms with Crippen LogP contribution in [0.4, 0.5) is 5.13 Å². The number of aryl methyl sites for hydroxylation is 1. The summed E-state index contributed by atoms with van der Waals surface area (Å²) in [5.74, 6) is 0.387. The van der Waals surface area contributed by atoms with Gasteiger partial charge in [0.1, 0.15) is 10.8 Å². The van der Waals surface area contributed by atoms with Gasteiger partial charge in [0.25, 0.3) is 0 Å². The summed E-state index contributed by atoms with van der Waals surface area (Å²) in [6.45, 7) is 4.25. The van der Waals surface area contributed by atoms with Gasteiger partial charge in [-0.1, -0.05) is 79.8 Å². The molecule has 0 spiro atoms. The maximum Gasteiger partial charge on any atom is 0.230 e. The molecule has 0 saturated carbocycles. The first-order chi connectivity index (χ1) is 18.3. The van der Waals surface area contributed by atoms with Crippen molar-refractivity contribution in [3.63, 3.8) is 0 Å². The molecule has 200 valence electrons. The molecule has 0 atom stereocenters. The fraction of sp³-hybridized carbons (Fsp3) is 0.310. The van der Waals surface area contributed by atoms with Crippen LogP contribution in [0.1, 0.15) is 60.7 Å². The number of carbonyl (C=O) groups excluding carboxylic acids is 2. The summed E-state index contributed by atoms with van der Waals surface area (Å²) in [6, 6.07) is 17.6. The van der Waals surface area contributed by atoms with E-state index in [9.17, 15) is 9.59 Å². The molecule has 0 saturated heterocycles. The molecule has 2 aromatic carbocycles. The third kappa shape index (κ3) is 10.2. The lowest BCUT2D eigenvalue weighted by atomic mass is 10.00. The van der Waals surface area contributed by atoms with Crippen molar-refractivity contribution in [2.24, 2.45) is 11.5 Å². The predicted octanol–water partition coefficient (Wildman–Crippen LogP) is 4.56. The van der Waals surface area contributed by atoms with E-state index in [2.05, 4.69) is 40.7 Å². The molecule has 38 heavy (non-hydrogen) atoms. The van der Waals surface area contributed by atoms with E-state index in [1.165, 1.54) is 16.9 Å².